The number of carbonyl (C=O) groups excluding carboxylic acids is 2. The van der Waals surface area contributed by atoms with Gasteiger partial charge in [0.1, 0.15) is 5.75 Å². The summed E-state index contributed by atoms with van der Waals surface area (Å²) in [5.41, 5.74) is 3.59. The summed E-state index contributed by atoms with van der Waals surface area (Å²) in [5, 5.41) is 0.909. The molecule has 0 aliphatic rings. The first-order valence-corrected chi connectivity index (χ1v) is 10.1. The van der Waals surface area contributed by atoms with E-state index in [-0.39, 0.29) is 24.8 Å². The number of Topliss-reactive ketones (excluding diaryl/α,β-unsaturated/α-hetero) is 1. The Morgan fingerprint density at radius 2 is 1.61 bits per heavy atom. The predicted octanol–water partition coefficient (Wildman–Crippen LogP) is 4.67. The van der Waals surface area contributed by atoms with E-state index in [0.717, 1.165) is 16.5 Å². The van der Waals surface area contributed by atoms with Crippen LogP contribution >= 0.6 is 0 Å². The molecule has 0 saturated carbocycles. The zero-order chi connectivity index (χ0) is 21.6. The second kappa shape index (κ2) is 9.30. The molecule has 1 aromatic heterocycles. The molecule has 5 nitrogen and oxygen atoms in total. The lowest BCUT2D eigenvalue weighted by Crippen LogP contribution is -2.12. The molecule has 0 N–H and O–H groups in total. The quantitative estimate of drug-likeness (QED) is 0.311. The summed E-state index contributed by atoms with van der Waals surface area (Å²) in [6.07, 6.45) is 2.06. The van der Waals surface area contributed by atoms with Crippen LogP contribution in [-0.4, -0.2) is 30.0 Å². The van der Waals surface area contributed by atoms with E-state index in [4.69, 9.17) is 9.47 Å². The number of benzene rings is 3. The SMILES string of the molecule is COC(=O)Cc1cccc(OCC(=O)c2cn(Cc3ccccc3)c3ccccc23)c1. The number of methoxy groups -OCH3 is 1. The van der Waals surface area contributed by atoms with Crippen LogP contribution in [0.25, 0.3) is 10.9 Å². The van der Waals surface area contributed by atoms with Crippen LogP contribution in [0.1, 0.15) is 21.5 Å². The minimum atomic E-state index is -0.320. The molecule has 0 atom stereocenters. The number of ketones is 1. The van der Waals surface area contributed by atoms with Crippen molar-refractivity contribution in [1.82, 2.24) is 4.57 Å². The van der Waals surface area contributed by atoms with Crippen molar-refractivity contribution in [3.63, 3.8) is 0 Å². The predicted molar refractivity (Wildman–Crippen MR) is 119 cm³/mol. The van der Waals surface area contributed by atoms with Gasteiger partial charge < -0.3 is 14.0 Å². The van der Waals surface area contributed by atoms with Gasteiger partial charge in [-0.05, 0) is 29.3 Å². The molecule has 0 unspecified atom stereocenters. The fourth-order valence-corrected chi connectivity index (χ4v) is 3.59. The van der Waals surface area contributed by atoms with Gasteiger partial charge >= 0.3 is 5.97 Å². The van der Waals surface area contributed by atoms with E-state index >= 15 is 0 Å². The highest BCUT2D eigenvalue weighted by Gasteiger charge is 2.16. The molecule has 4 aromatic rings. The summed E-state index contributed by atoms with van der Waals surface area (Å²) in [7, 11) is 1.36. The second-order valence-electron chi connectivity index (χ2n) is 7.29. The van der Waals surface area contributed by atoms with Crippen molar-refractivity contribution >= 4 is 22.7 Å². The smallest absolute Gasteiger partial charge is 0.309 e. The van der Waals surface area contributed by atoms with Gasteiger partial charge in [0.15, 0.2) is 6.61 Å². The normalized spacial score (nSPS) is 10.7. The molecule has 0 saturated heterocycles. The summed E-state index contributed by atoms with van der Waals surface area (Å²) in [6, 6.07) is 25.2. The topological polar surface area (TPSA) is 57.5 Å². The van der Waals surface area contributed by atoms with Crippen molar-refractivity contribution in [2.45, 2.75) is 13.0 Å². The number of para-hydroxylation sites is 1. The first-order valence-electron chi connectivity index (χ1n) is 10.1. The van der Waals surface area contributed by atoms with Gasteiger partial charge in [-0.1, -0.05) is 60.7 Å². The lowest BCUT2D eigenvalue weighted by molar-refractivity contribution is -0.139. The molecule has 4 rings (SSSR count). The molecule has 31 heavy (non-hydrogen) atoms. The number of fused-ring (bicyclic) bond motifs is 1. The molecular formula is C26H23NO4. The molecule has 0 aliphatic heterocycles. The van der Waals surface area contributed by atoms with Gasteiger partial charge in [0.2, 0.25) is 5.78 Å². The Kier molecular flexibility index (Phi) is 6.13. The summed E-state index contributed by atoms with van der Waals surface area (Å²) < 4.78 is 12.5. The number of carbonyl (C=O) groups is 2. The summed E-state index contributed by atoms with van der Waals surface area (Å²) in [5.74, 6) is 0.128. The van der Waals surface area contributed by atoms with Gasteiger partial charge in [-0.3, -0.25) is 9.59 Å². The zero-order valence-electron chi connectivity index (χ0n) is 17.3. The molecule has 1 heterocycles. The Balaban J connectivity index is 1.52. The third-order valence-electron chi connectivity index (χ3n) is 5.13. The van der Waals surface area contributed by atoms with Crippen molar-refractivity contribution in [2.24, 2.45) is 0 Å². The summed E-state index contributed by atoms with van der Waals surface area (Å²) in [6.45, 7) is 0.603. The molecule has 3 aromatic carbocycles. The molecule has 0 spiro atoms. The van der Waals surface area contributed by atoms with Crippen LogP contribution in [0.2, 0.25) is 0 Å². The van der Waals surface area contributed by atoms with E-state index in [1.54, 1.807) is 18.2 Å². The monoisotopic (exact) mass is 413 g/mol. The molecule has 5 heteroatoms. The zero-order valence-corrected chi connectivity index (χ0v) is 17.3. The van der Waals surface area contributed by atoms with Gasteiger partial charge in [0, 0.05) is 29.2 Å². The fourth-order valence-electron chi connectivity index (χ4n) is 3.59. The molecule has 0 fully saturated rings. The Morgan fingerprint density at radius 1 is 0.871 bits per heavy atom. The summed E-state index contributed by atoms with van der Waals surface area (Å²) >= 11 is 0. The van der Waals surface area contributed by atoms with Gasteiger partial charge in [-0.15, -0.1) is 0 Å². The van der Waals surface area contributed by atoms with Crippen molar-refractivity contribution in [1.29, 1.82) is 0 Å². The van der Waals surface area contributed by atoms with E-state index in [1.807, 2.05) is 54.7 Å². The first-order chi connectivity index (χ1) is 15.1. The van der Waals surface area contributed by atoms with Crippen molar-refractivity contribution in [3.05, 3.63) is 102 Å². The number of hydrogen-bond acceptors (Lipinski definition) is 4. The van der Waals surface area contributed by atoms with E-state index in [9.17, 15) is 9.59 Å². The molecular weight excluding hydrogens is 390 g/mol. The number of hydrogen-bond donors (Lipinski definition) is 0. The largest absolute Gasteiger partial charge is 0.485 e. The number of ether oxygens (including phenoxy) is 2. The van der Waals surface area contributed by atoms with Crippen LogP contribution in [0, 0.1) is 0 Å². The lowest BCUT2D eigenvalue weighted by atomic mass is 10.1. The standard InChI is InChI=1S/C26H23NO4/c1-30-26(29)15-20-10-7-11-21(14-20)31-18-25(28)23-17-27(16-19-8-3-2-4-9-19)24-13-6-5-12-22(23)24/h2-14,17H,15-16,18H2,1H3. The minimum Gasteiger partial charge on any atom is -0.485 e. The van der Waals surface area contributed by atoms with Crippen molar-refractivity contribution < 1.29 is 19.1 Å². The minimum absolute atomic E-state index is 0.0823. The van der Waals surface area contributed by atoms with Crippen LogP contribution < -0.4 is 4.74 Å². The molecule has 0 aliphatic carbocycles. The van der Waals surface area contributed by atoms with Gasteiger partial charge in [0.25, 0.3) is 0 Å². The van der Waals surface area contributed by atoms with Crippen molar-refractivity contribution in [2.75, 3.05) is 13.7 Å². The maximum Gasteiger partial charge on any atom is 0.309 e. The number of esters is 1. The van der Waals surface area contributed by atoms with Gasteiger partial charge in [-0.25, -0.2) is 0 Å². The molecule has 0 radical (unpaired) electrons. The number of nitrogens with zero attached hydrogens (tertiary/aromatic N) is 1. The number of aromatic nitrogens is 1. The maximum atomic E-state index is 13.0. The van der Waals surface area contributed by atoms with Crippen LogP contribution in [0.3, 0.4) is 0 Å². The summed E-state index contributed by atoms with van der Waals surface area (Å²) in [4.78, 5) is 24.5. The molecule has 156 valence electrons. The molecule has 0 bridgehead atoms. The van der Waals surface area contributed by atoms with E-state index < -0.39 is 0 Å². The third-order valence-corrected chi connectivity index (χ3v) is 5.13. The second-order valence-corrected chi connectivity index (χ2v) is 7.29. The van der Waals surface area contributed by atoms with E-state index in [1.165, 1.54) is 12.7 Å². The first kappa shape index (κ1) is 20.4. The molecule has 0 amide bonds. The van der Waals surface area contributed by atoms with Gasteiger partial charge in [-0.2, -0.15) is 0 Å². The average Bonchev–Trinajstić information content (AvgIpc) is 3.17. The van der Waals surface area contributed by atoms with Crippen molar-refractivity contribution in [3.8, 4) is 5.75 Å². The van der Waals surface area contributed by atoms with E-state index in [2.05, 4.69) is 16.7 Å². The highest BCUT2D eigenvalue weighted by Crippen LogP contribution is 2.23. The Labute approximate surface area is 180 Å². The Hall–Kier alpha value is -3.86. The third kappa shape index (κ3) is 4.83. The van der Waals surface area contributed by atoms with Crippen LogP contribution in [-0.2, 0) is 22.5 Å². The average molecular weight is 413 g/mol. The lowest BCUT2D eigenvalue weighted by Gasteiger charge is -2.07. The van der Waals surface area contributed by atoms with E-state index in [0.29, 0.717) is 17.9 Å². The van der Waals surface area contributed by atoms with Crippen LogP contribution in [0.15, 0.2) is 85.1 Å². The highest BCUT2D eigenvalue weighted by molar-refractivity contribution is 6.08. The Bertz CT molecular complexity index is 1210. The van der Waals surface area contributed by atoms with Gasteiger partial charge in [0.05, 0.1) is 13.5 Å². The fraction of sp³-hybridized carbons (Fsp3) is 0.154. The van der Waals surface area contributed by atoms with Crippen LogP contribution in [0.5, 0.6) is 5.75 Å². The number of rotatable bonds is 8. The highest BCUT2D eigenvalue weighted by atomic mass is 16.5. The van der Waals surface area contributed by atoms with Crippen LogP contribution in [0.4, 0.5) is 0 Å². The Morgan fingerprint density at radius 3 is 2.42 bits per heavy atom. The maximum absolute atomic E-state index is 13.0.